The average Bonchev–Trinajstić information content (AvgIpc) is 3.06. The summed E-state index contributed by atoms with van der Waals surface area (Å²) in [6.07, 6.45) is 3.57. The maximum atomic E-state index is 12.3. The summed E-state index contributed by atoms with van der Waals surface area (Å²) in [5, 5.41) is 5.59. The maximum Gasteiger partial charge on any atom is 0.259 e. The van der Waals surface area contributed by atoms with Crippen LogP contribution in [0.1, 0.15) is 29.3 Å². The van der Waals surface area contributed by atoms with Gasteiger partial charge in [0.05, 0.1) is 16.3 Å². The van der Waals surface area contributed by atoms with Crippen LogP contribution in [-0.4, -0.2) is 15.9 Å². The van der Waals surface area contributed by atoms with Crippen LogP contribution in [0.3, 0.4) is 0 Å². The molecule has 0 fully saturated rings. The van der Waals surface area contributed by atoms with Gasteiger partial charge >= 0.3 is 0 Å². The van der Waals surface area contributed by atoms with Gasteiger partial charge in [0.2, 0.25) is 0 Å². The molecule has 0 spiro atoms. The van der Waals surface area contributed by atoms with E-state index >= 15 is 0 Å². The molecule has 0 aliphatic rings. The van der Waals surface area contributed by atoms with Gasteiger partial charge in [-0.3, -0.25) is 10.1 Å². The molecule has 0 radical (unpaired) electrons. The van der Waals surface area contributed by atoms with Crippen LogP contribution in [0, 0.1) is 0 Å². The van der Waals surface area contributed by atoms with E-state index in [1.807, 2.05) is 5.38 Å². The molecule has 2 heterocycles. The summed E-state index contributed by atoms with van der Waals surface area (Å²) in [5.41, 5.74) is 3.49. The van der Waals surface area contributed by atoms with Crippen LogP contribution in [0.5, 0.6) is 0 Å². The minimum absolute atomic E-state index is 0.168. The highest BCUT2D eigenvalue weighted by Gasteiger charge is 2.12. The van der Waals surface area contributed by atoms with Gasteiger partial charge in [0.15, 0.2) is 5.13 Å². The molecular formula is C18H15Cl2N3OS. The summed E-state index contributed by atoms with van der Waals surface area (Å²) >= 11 is 13.0. The Hall–Kier alpha value is -1.95. The zero-order chi connectivity index (χ0) is 17.8. The van der Waals surface area contributed by atoms with Gasteiger partial charge in [0.1, 0.15) is 5.15 Å². The zero-order valence-electron chi connectivity index (χ0n) is 13.4. The Morgan fingerprint density at radius 3 is 2.68 bits per heavy atom. The summed E-state index contributed by atoms with van der Waals surface area (Å²) in [6.45, 7) is 2.16. The monoisotopic (exact) mass is 391 g/mol. The van der Waals surface area contributed by atoms with Crippen molar-refractivity contribution in [2.75, 3.05) is 5.32 Å². The Kier molecular flexibility index (Phi) is 5.68. The minimum Gasteiger partial charge on any atom is -0.298 e. The van der Waals surface area contributed by atoms with E-state index in [1.54, 1.807) is 0 Å². The SMILES string of the molecule is CCCc1ccc(-c2csc(NC(=O)c3cnc(Cl)c(Cl)c3)n2)cc1. The van der Waals surface area contributed by atoms with Gasteiger partial charge in [-0.15, -0.1) is 11.3 Å². The molecule has 1 N–H and O–H groups in total. The first kappa shape index (κ1) is 17.9. The van der Waals surface area contributed by atoms with Crippen LogP contribution >= 0.6 is 34.5 Å². The molecule has 3 aromatic rings. The van der Waals surface area contributed by atoms with Gasteiger partial charge in [-0.2, -0.15) is 0 Å². The highest BCUT2D eigenvalue weighted by atomic mass is 35.5. The number of nitrogens with zero attached hydrogens (tertiary/aromatic N) is 2. The lowest BCUT2D eigenvalue weighted by Crippen LogP contribution is -2.12. The number of pyridine rings is 1. The van der Waals surface area contributed by atoms with Crippen molar-refractivity contribution < 1.29 is 4.79 Å². The van der Waals surface area contributed by atoms with Gasteiger partial charge < -0.3 is 0 Å². The van der Waals surface area contributed by atoms with E-state index in [4.69, 9.17) is 23.2 Å². The first-order valence-corrected chi connectivity index (χ1v) is 9.37. The average molecular weight is 392 g/mol. The van der Waals surface area contributed by atoms with Crippen LogP contribution in [-0.2, 0) is 6.42 Å². The number of thiazole rings is 1. The molecule has 7 heteroatoms. The van der Waals surface area contributed by atoms with Crippen molar-refractivity contribution in [3.05, 3.63) is 63.2 Å². The lowest BCUT2D eigenvalue weighted by Gasteiger charge is -2.03. The molecule has 25 heavy (non-hydrogen) atoms. The summed E-state index contributed by atoms with van der Waals surface area (Å²) in [7, 11) is 0. The van der Waals surface area contributed by atoms with Crippen LogP contribution in [0.15, 0.2) is 41.9 Å². The molecule has 2 aromatic heterocycles. The van der Waals surface area contributed by atoms with Gasteiger partial charge in [0, 0.05) is 17.1 Å². The first-order chi connectivity index (χ1) is 12.1. The van der Waals surface area contributed by atoms with Gasteiger partial charge in [-0.25, -0.2) is 9.97 Å². The molecule has 1 aromatic carbocycles. The van der Waals surface area contributed by atoms with E-state index in [0.717, 1.165) is 24.1 Å². The van der Waals surface area contributed by atoms with Crippen molar-refractivity contribution in [3.8, 4) is 11.3 Å². The van der Waals surface area contributed by atoms with E-state index in [1.165, 1.54) is 29.2 Å². The molecule has 4 nitrogen and oxygen atoms in total. The van der Waals surface area contributed by atoms with Gasteiger partial charge in [0.25, 0.3) is 5.91 Å². The second kappa shape index (κ2) is 7.95. The topological polar surface area (TPSA) is 54.9 Å². The van der Waals surface area contributed by atoms with Crippen molar-refractivity contribution in [2.24, 2.45) is 0 Å². The molecule has 0 saturated heterocycles. The molecule has 128 valence electrons. The lowest BCUT2D eigenvalue weighted by molar-refractivity contribution is 0.102. The molecule has 3 rings (SSSR count). The third-order valence-corrected chi connectivity index (χ3v) is 5.02. The number of halogens is 2. The second-order valence-electron chi connectivity index (χ2n) is 5.44. The number of hydrogen-bond acceptors (Lipinski definition) is 4. The highest BCUT2D eigenvalue weighted by Crippen LogP contribution is 2.26. The zero-order valence-corrected chi connectivity index (χ0v) is 15.8. The standard InChI is InChI=1S/C18H15Cl2N3OS/c1-2-3-11-4-6-12(7-5-11)15-10-25-18(22-15)23-17(24)13-8-14(19)16(20)21-9-13/h4-10H,2-3H2,1H3,(H,22,23,24). The molecule has 0 aliphatic heterocycles. The number of benzene rings is 1. The quantitative estimate of drug-likeness (QED) is 0.566. The number of amides is 1. The van der Waals surface area contributed by atoms with Crippen molar-refractivity contribution in [1.82, 2.24) is 9.97 Å². The Balaban J connectivity index is 1.72. The fraction of sp³-hybridized carbons (Fsp3) is 0.167. The van der Waals surface area contributed by atoms with Crippen molar-refractivity contribution in [1.29, 1.82) is 0 Å². The fourth-order valence-electron chi connectivity index (χ4n) is 2.31. The normalized spacial score (nSPS) is 10.7. The molecule has 0 unspecified atom stereocenters. The number of carbonyl (C=O) groups excluding carboxylic acids is 1. The smallest absolute Gasteiger partial charge is 0.259 e. The second-order valence-corrected chi connectivity index (χ2v) is 7.06. The Labute approximate surface area is 159 Å². The third-order valence-electron chi connectivity index (χ3n) is 3.57. The highest BCUT2D eigenvalue weighted by molar-refractivity contribution is 7.14. The van der Waals surface area contributed by atoms with Crippen molar-refractivity contribution >= 4 is 45.6 Å². The predicted octanol–water partition coefficient (Wildman–Crippen LogP) is 5.72. The van der Waals surface area contributed by atoms with Crippen molar-refractivity contribution in [2.45, 2.75) is 19.8 Å². The van der Waals surface area contributed by atoms with Gasteiger partial charge in [-0.05, 0) is 18.1 Å². The molecule has 0 saturated carbocycles. The predicted molar refractivity (Wildman–Crippen MR) is 104 cm³/mol. The number of aromatic nitrogens is 2. The number of anilines is 1. The third kappa shape index (κ3) is 4.37. The van der Waals surface area contributed by atoms with Crippen LogP contribution in [0.25, 0.3) is 11.3 Å². The molecule has 0 bridgehead atoms. The van der Waals surface area contributed by atoms with E-state index in [-0.39, 0.29) is 16.1 Å². The maximum absolute atomic E-state index is 12.3. The molecular weight excluding hydrogens is 377 g/mol. The minimum atomic E-state index is -0.328. The van der Waals surface area contributed by atoms with E-state index < -0.39 is 0 Å². The van der Waals surface area contributed by atoms with Crippen molar-refractivity contribution in [3.63, 3.8) is 0 Å². The summed E-state index contributed by atoms with van der Waals surface area (Å²) in [5.74, 6) is -0.328. The summed E-state index contributed by atoms with van der Waals surface area (Å²) in [6, 6.07) is 9.80. The molecule has 0 atom stereocenters. The summed E-state index contributed by atoms with van der Waals surface area (Å²) < 4.78 is 0. The number of rotatable bonds is 5. The molecule has 0 aliphatic carbocycles. The number of carbonyl (C=O) groups is 1. The Morgan fingerprint density at radius 2 is 2.00 bits per heavy atom. The van der Waals surface area contributed by atoms with E-state index in [0.29, 0.717) is 10.7 Å². The number of aryl methyl sites for hydroxylation is 1. The molecule has 1 amide bonds. The number of hydrogen-bond donors (Lipinski definition) is 1. The fourth-order valence-corrected chi connectivity index (χ4v) is 3.29. The number of nitrogens with one attached hydrogen (secondary N) is 1. The summed E-state index contributed by atoms with van der Waals surface area (Å²) in [4.78, 5) is 20.6. The van der Waals surface area contributed by atoms with E-state index in [2.05, 4.69) is 46.5 Å². The van der Waals surface area contributed by atoms with Crippen LogP contribution in [0.2, 0.25) is 10.2 Å². The van der Waals surface area contributed by atoms with Gasteiger partial charge in [-0.1, -0.05) is 60.8 Å². The largest absolute Gasteiger partial charge is 0.298 e. The Bertz CT molecular complexity index is 894. The lowest BCUT2D eigenvalue weighted by atomic mass is 10.1. The first-order valence-electron chi connectivity index (χ1n) is 7.74. The van der Waals surface area contributed by atoms with Crippen LogP contribution in [0.4, 0.5) is 5.13 Å². The van der Waals surface area contributed by atoms with Crippen LogP contribution < -0.4 is 5.32 Å². The van der Waals surface area contributed by atoms with E-state index in [9.17, 15) is 4.79 Å². The Morgan fingerprint density at radius 1 is 1.24 bits per heavy atom.